The third-order valence-corrected chi connectivity index (χ3v) is 4.52. The van der Waals surface area contributed by atoms with Crippen molar-refractivity contribution in [3.05, 3.63) is 59.7 Å². The summed E-state index contributed by atoms with van der Waals surface area (Å²) in [4.78, 5) is 17.8. The van der Waals surface area contributed by atoms with Gasteiger partial charge >= 0.3 is 0 Å². The summed E-state index contributed by atoms with van der Waals surface area (Å²) in [6.45, 7) is 2.83. The van der Waals surface area contributed by atoms with Crippen LogP contribution in [0.25, 0.3) is 0 Å². The van der Waals surface area contributed by atoms with Gasteiger partial charge in [-0.15, -0.1) is 11.8 Å². The van der Waals surface area contributed by atoms with Crippen LogP contribution in [0, 0.1) is 0 Å². The maximum atomic E-state index is 11.9. The average molecular weight is 375 g/mol. The van der Waals surface area contributed by atoms with Gasteiger partial charge < -0.3 is 9.47 Å². The Morgan fingerprint density at radius 2 is 1.73 bits per heavy atom. The number of thioether (sulfide) groups is 1. The number of carbonyl (C=O) groups excluding carboxylic acids is 1. The minimum absolute atomic E-state index is 0.289. The van der Waals surface area contributed by atoms with Crippen molar-refractivity contribution in [2.24, 2.45) is 0 Å². The topological polar surface area (TPSA) is 56.8 Å². The minimum atomic E-state index is -0.582. The first-order valence-corrected chi connectivity index (χ1v) is 9.67. The van der Waals surface area contributed by atoms with Crippen LogP contribution < -0.4 is 10.2 Å². The summed E-state index contributed by atoms with van der Waals surface area (Å²) in [6.07, 6.45) is 1.95. The van der Waals surface area contributed by atoms with E-state index in [2.05, 4.69) is 40.8 Å². The van der Waals surface area contributed by atoms with Crippen molar-refractivity contribution in [2.45, 2.75) is 31.0 Å². The summed E-state index contributed by atoms with van der Waals surface area (Å²) in [6, 6.07) is 16.0. The van der Waals surface area contributed by atoms with Crippen molar-refractivity contribution in [2.75, 3.05) is 20.0 Å². The minimum Gasteiger partial charge on any atom is -0.489 e. The first-order valence-electron chi connectivity index (χ1n) is 8.45. The van der Waals surface area contributed by atoms with Gasteiger partial charge in [-0.05, 0) is 48.6 Å². The summed E-state index contributed by atoms with van der Waals surface area (Å²) in [7, 11) is 1.40. The van der Waals surface area contributed by atoms with Crippen LogP contribution in [-0.2, 0) is 27.4 Å². The van der Waals surface area contributed by atoms with Crippen LogP contribution >= 0.6 is 11.8 Å². The van der Waals surface area contributed by atoms with E-state index in [0.29, 0.717) is 19.6 Å². The zero-order valence-corrected chi connectivity index (χ0v) is 16.2. The van der Waals surface area contributed by atoms with Crippen molar-refractivity contribution in [3.63, 3.8) is 0 Å². The van der Waals surface area contributed by atoms with E-state index in [1.807, 2.05) is 31.2 Å². The first kappa shape index (κ1) is 20.3. The molecule has 2 rings (SSSR count). The van der Waals surface area contributed by atoms with Crippen LogP contribution in [0.2, 0.25) is 0 Å². The van der Waals surface area contributed by atoms with Gasteiger partial charge in [-0.25, -0.2) is 5.48 Å². The molecule has 0 aliphatic heterocycles. The van der Waals surface area contributed by atoms with E-state index in [1.165, 1.54) is 12.0 Å². The Bertz CT molecular complexity index is 673. The summed E-state index contributed by atoms with van der Waals surface area (Å²) in [5, 5.41) is 0. The lowest BCUT2D eigenvalue weighted by atomic mass is 10.1. The van der Waals surface area contributed by atoms with Gasteiger partial charge in [0.2, 0.25) is 0 Å². The van der Waals surface area contributed by atoms with Gasteiger partial charge in [-0.2, -0.15) is 0 Å². The molecule has 5 nitrogen and oxygen atoms in total. The van der Waals surface area contributed by atoms with Crippen LogP contribution in [-0.4, -0.2) is 32.0 Å². The van der Waals surface area contributed by atoms with E-state index < -0.39 is 6.10 Å². The Morgan fingerprint density at radius 3 is 2.31 bits per heavy atom. The quantitative estimate of drug-likeness (QED) is 0.508. The molecular weight excluding hydrogens is 350 g/mol. The molecule has 1 unspecified atom stereocenters. The largest absolute Gasteiger partial charge is 0.489 e. The van der Waals surface area contributed by atoms with Gasteiger partial charge in [-0.1, -0.05) is 24.3 Å². The van der Waals surface area contributed by atoms with Crippen molar-refractivity contribution in [1.29, 1.82) is 0 Å². The molecule has 0 aromatic heterocycles. The van der Waals surface area contributed by atoms with Crippen LogP contribution in [0.5, 0.6) is 5.75 Å². The molecule has 2 aromatic rings. The molecular formula is C20H25NO4S. The van der Waals surface area contributed by atoms with Crippen molar-refractivity contribution < 1.29 is 19.1 Å². The summed E-state index contributed by atoms with van der Waals surface area (Å²) in [5.74, 6) is 0.500. The van der Waals surface area contributed by atoms with Gasteiger partial charge in [0.1, 0.15) is 18.5 Å². The van der Waals surface area contributed by atoms with E-state index in [0.717, 1.165) is 16.9 Å². The molecule has 1 N–H and O–H groups in total. The van der Waals surface area contributed by atoms with Crippen LogP contribution in [0.4, 0.5) is 0 Å². The first-order chi connectivity index (χ1) is 12.7. The third kappa shape index (κ3) is 6.37. The molecule has 0 fully saturated rings. The zero-order chi connectivity index (χ0) is 18.8. The summed E-state index contributed by atoms with van der Waals surface area (Å²) >= 11 is 1.72. The van der Waals surface area contributed by atoms with Crippen LogP contribution in [0.3, 0.4) is 0 Å². The van der Waals surface area contributed by atoms with Crippen molar-refractivity contribution in [3.8, 4) is 5.75 Å². The fraction of sp³-hybridized carbons (Fsp3) is 0.350. The fourth-order valence-electron chi connectivity index (χ4n) is 2.42. The Hall–Kier alpha value is -2.02. The van der Waals surface area contributed by atoms with E-state index in [9.17, 15) is 4.79 Å². The van der Waals surface area contributed by atoms with Gasteiger partial charge in [0.05, 0.1) is 7.11 Å². The lowest BCUT2D eigenvalue weighted by Crippen LogP contribution is -2.37. The molecule has 26 heavy (non-hydrogen) atoms. The van der Waals surface area contributed by atoms with Crippen molar-refractivity contribution >= 4 is 17.7 Å². The molecule has 0 heterocycles. The number of hydroxylamine groups is 1. The Morgan fingerprint density at radius 1 is 1.08 bits per heavy atom. The average Bonchev–Trinajstić information content (AvgIpc) is 2.67. The molecule has 0 bridgehead atoms. The van der Waals surface area contributed by atoms with Crippen LogP contribution in [0.1, 0.15) is 18.1 Å². The third-order valence-electron chi connectivity index (χ3n) is 3.77. The highest BCUT2D eigenvalue weighted by atomic mass is 32.2. The highest BCUT2D eigenvalue weighted by Gasteiger charge is 2.19. The van der Waals surface area contributed by atoms with E-state index in [-0.39, 0.29) is 5.91 Å². The number of benzene rings is 2. The molecule has 0 aliphatic carbocycles. The van der Waals surface area contributed by atoms with Gasteiger partial charge in [0.25, 0.3) is 5.91 Å². The second-order valence-electron chi connectivity index (χ2n) is 5.60. The Balaban J connectivity index is 1.90. The lowest BCUT2D eigenvalue weighted by Gasteiger charge is -2.16. The normalized spacial score (nSPS) is 11.8. The van der Waals surface area contributed by atoms with Crippen LogP contribution in [0.15, 0.2) is 53.4 Å². The number of ether oxygens (including phenoxy) is 2. The molecule has 1 atom stereocenters. The molecule has 2 aromatic carbocycles. The number of hydrogen-bond donors (Lipinski definition) is 1. The Kier molecular flexibility index (Phi) is 8.47. The van der Waals surface area contributed by atoms with E-state index in [1.54, 1.807) is 11.8 Å². The summed E-state index contributed by atoms with van der Waals surface area (Å²) in [5.41, 5.74) is 4.44. The standard InChI is InChI=1S/C20H25NO4S/c1-4-24-19(20(22)21-23-2)13-15-5-9-17(10-6-15)25-14-16-7-11-18(26-3)12-8-16/h5-12,19H,4,13-14H2,1-3H3,(H,21,22). The molecule has 0 spiro atoms. The second kappa shape index (κ2) is 10.9. The monoisotopic (exact) mass is 375 g/mol. The molecule has 0 saturated heterocycles. The molecule has 140 valence electrons. The number of hydrogen-bond acceptors (Lipinski definition) is 5. The molecule has 0 aliphatic rings. The number of rotatable bonds is 10. The van der Waals surface area contributed by atoms with Gasteiger partial charge in [0, 0.05) is 17.9 Å². The van der Waals surface area contributed by atoms with Gasteiger partial charge in [-0.3, -0.25) is 9.63 Å². The smallest absolute Gasteiger partial charge is 0.272 e. The fourth-order valence-corrected chi connectivity index (χ4v) is 2.83. The predicted octanol–water partition coefficient (Wildman–Crippen LogP) is 3.61. The van der Waals surface area contributed by atoms with E-state index >= 15 is 0 Å². The maximum absolute atomic E-state index is 11.9. The highest BCUT2D eigenvalue weighted by molar-refractivity contribution is 7.98. The zero-order valence-electron chi connectivity index (χ0n) is 15.4. The Labute approximate surface area is 159 Å². The number of amides is 1. The summed E-state index contributed by atoms with van der Waals surface area (Å²) < 4.78 is 11.3. The number of nitrogens with one attached hydrogen (secondary N) is 1. The SMILES string of the molecule is CCOC(Cc1ccc(OCc2ccc(SC)cc2)cc1)C(=O)NOC. The lowest BCUT2D eigenvalue weighted by molar-refractivity contribution is -0.143. The molecule has 6 heteroatoms. The second-order valence-corrected chi connectivity index (χ2v) is 6.48. The van der Waals surface area contributed by atoms with Crippen molar-refractivity contribution in [1.82, 2.24) is 5.48 Å². The molecule has 0 radical (unpaired) electrons. The number of carbonyl (C=O) groups is 1. The van der Waals surface area contributed by atoms with Gasteiger partial charge in [0.15, 0.2) is 0 Å². The highest BCUT2D eigenvalue weighted by Crippen LogP contribution is 2.18. The maximum Gasteiger partial charge on any atom is 0.272 e. The molecule has 1 amide bonds. The molecule has 0 saturated carbocycles. The predicted molar refractivity (Wildman–Crippen MR) is 103 cm³/mol. The van der Waals surface area contributed by atoms with E-state index in [4.69, 9.17) is 9.47 Å².